The van der Waals surface area contributed by atoms with E-state index < -0.39 is 0 Å². The number of nitrogens with zero attached hydrogens (tertiary/aromatic N) is 6. The summed E-state index contributed by atoms with van der Waals surface area (Å²) < 4.78 is 12.9. The second-order valence-electron chi connectivity index (χ2n) is 9.33. The van der Waals surface area contributed by atoms with Gasteiger partial charge in [0.2, 0.25) is 0 Å². The van der Waals surface area contributed by atoms with E-state index in [0.717, 1.165) is 71.2 Å². The lowest BCUT2D eigenvalue weighted by Gasteiger charge is -2.32. The number of fused-ring (bicyclic) bond motifs is 1. The van der Waals surface area contributed by atoms with Crippen molar-refractivity contribution in [2.24, 2.45) is 12.8 Å². The highest BCUT2D eigenvalue weighted by atomic mass is 35.5. The molecule has 9 nitrogen and oxygen atoms in total. The van der Waals surface area contributed by atoms with Crippen LogP contribution in [0, 0.1) is 0 Å². The van der Waals surface area contributed by atoms with Crippen molar-refractivity contribution in [3.8, 4) is 22.8 Å². The van der Waals surface area contributed by atoms with Crippen LogP contribution < -0.4 is 20.1 Å². The van der Waals surface area contributed by atoms with Crippen molar-refractivity contribution in [2.45, 2.75) is 26.3 Å². The first-order valence-electron chi connectivity index (χ1n) is 12.6. The molecular weight excluding hydrogens is 502 g/mol. The summed E-state index contributed by atoms with van der Waals surface area (Å²) in [6.07, 6.45) is 6.50. The van der Waals surface area contributed by atoms with Gasteiger partial charge in [-0.1, -0.05) is 0 Å². The maximum atomic E-state index is 5.80. The van der Waals surface area contributed by atoms with Crippen molar-refractivity contribution < 1.29 is 9.47 Å². The van der Waals surface area contributed by atoms with Gasteiger partial charge < -0.3 is 20.1 Å². The van der Waals surface area contributed by atoms with E-state index in [1.807, 2.05) is 37.5 Å². The average molecular weight is 540 g/mol. The van der Waals surface area contributed by atoms with Gasteiger partial charge in [0.05, 0.1) is 43.3 Å². The largest absolute Gasteiger partial charge is 0.497 e. The maximum Gasteiger partial charge on any atom is 0.124 e. The summed E-state index contributed by atoms with van der Waals surface area (Å²) in [4.78, 5) is 14.3. The number of halogens is 1. The van der Waals surface area contributed by atoms with Crippen molar-refractivity contribution >= 4 is 34.8 Å². The predicted molar refractivity (Wildman–Crippen MR) is 156 cm³/mol. The number of rotatable bonds is 12. The van der Waals surface area contributed by atoms with Crippen LogP contribution in [0.5, 0.6) is 11.5 Å². The molecule has 10 heteroatoms. The molecule has 0 aliphatic carbocycles. The van der Waals surface area contributed by atoms with Crippen LogP contribution in [0.3, 0.4) is 0 Å². The summed E-state index contributed by atoms with van der Waals surface area (Å²) in [6.45, 7) is 7.72. The fourth-order valence-corrected chi connectivity index (χ4v) is 4.37. The highest BCUT2D eigenvalue weighted by Gasteiger charge is 2.17. The number of hydrogen-bond acceptors (Lipinski definition) is 8. The van der Waals surface area contributed by atoms with Crippen LogP contribution in [-0.2, 0) is 7.05 Å². The second-order valence-corrected chi connectivity index (χ2v) is 9.33. The summed E-state index contributed by atoms with van der Waals surface area (Å²) in [5.74, 6) is 1.48. The van der Waals surface area contributed by atoms with E-state index in [0.29, 0.717) is 12.6 Å². The molecule has 0 aliphatic heterocycles. The van der Waals surface area contributed by atoms with Crippen molar-refractivity contribution in [2.75, 3.05) is 45.3 Å². The Morgan fingerprint density at radius 2 is 1.66 bits per heavy atom. The molecular formula is C28H38ClN7O2. The second kappa shape index (κ2) is 13.4. The Balaban J connectivity index is 0.00000400. The van der Waals surface area contributed by atoms with E-state index in [4.69, 9.17) is 20.2 Å². The molecule has 2 aromatic heterocycles. The Morgan fingerprint density at radius 3 is 2.26 bits per heavy atom. The minimum Gasteiger partial charge on any atom is -0.497 e. The molecule has 0 radical (unpaired) electrons. The number of methoxy groups -OCH3 is 2. The zero-order chi connectivity index (χ0) is 26.4. The van der Waals surface area contributed by atoms with Crippen LogP contribution in [0.1, 0.15) is 20.3 Å². The van der Waals surface area contributed by atoms with E-state index in [1.54, 1.807) is 31.3 Å². The van der Waals surface area contributed by atoms with Crippen LogP contribution >= 0.6 is 12.4 Å². The summed E-state index contributed by atoms with van der Waals surface area (Å²) >= 11 is 0. The molecule has 0 saturated carbocycles. The summed E-state index contributed by atoms with van der Waals surface area (Å²) in [5, 5.41) is 4.27. The standard InChI is InChI=1S/C28H37N7O2.ClH/c1-20(2)34(10-6-9-29)11-12-35(23-13-24(36-4)16-25(14-23)37-5)22-7-8-26-27(15-22)32-28(18-30-26)21-17-31-33(3)19-21;/h7-8,13-20H,6,9-12,29H2,1-5H3;1H. The lowest BCUT2D eigenvalue weighted by Crippen LogP contribution is -2.38. The van der Waals surface area contributed by atoms with Crippen LogP contribution in [-0.4, -0.2) is 71.1 Å². The molecule has 0 fully saturated rings. The van der Waals surface area contributed by atoms with Crippen LogP contribution in [0.2, 0.25) is 0 Å². The number of anilines is 2. The highest BCUT2D eigenvalue weighted by Crippen LogP contribution is 2.34. The predicted octanol–water partition coefficient (Wildman–Crippen LogP) is 4.67. The highest BCUT2D eigenvalue weighted by molar-refractivity contribution is 5.85. The summed E-state index contributed by atoms with van der Waals surface area (Å²) in [5.41, 5.74) is 11.2. The van der Waals surface area contributed by atoms with Gasteiger partial charge in [0.1, 0.15) is 11.5 Å². The molecule has 2 N–H and O–H groups in total. The van der Waals surface area contributed by atoms with Gasteiger partial charge in [-0.05, 0) is 51.6 Å². The molecule has 0 saturated heterocycles. The van der Waals surface area contributed by atoms with E-state index in [-0.39, 0.29) is 12.4 Å². The molecule has 2 heterocycles. The molecule has 0 bridgehead atoms. The average Bonchev–Trinajstić information content (AvgIpc) is 3.35. The van der Waals surface area contributed by atoms with Gasteiger partial charge in [-0.2, -0.15) is 5.10 Å². The van der Waals surface area contributed by atoms with Gasteiger partial charge in [0.15, 0.2) is 0 Å². The minimum atomic E-state index is 0. The van der Waals surface area contributed by atoms with E-state index >= 15 is 0 Å². The lowest BCUT2D eigenvalue weighted by molar-refractivity contribution is 0.226. The molecule has 4 aromatic rings. The monoisotopic (exact) mass is 539 g/mol. The van der Waals surface area contributed by atoms with Crippen molar-refractivity contribution in [1.82, 2.24) is 24.6 Å². The Labute approximate surface area is 231 Å². The van der Waals surface area contributed by atoms with E-state index in [1.165, 1.54) is 0 Å². The van der Waals surface area contributed by atoms with Crippen molar-refractivity contribution in [1.29, 1.82) is 0 Å². The van der Waals surface area contributed by atoms with E-state index in [9.17, 15) is 0 Å². The first kappa shape index (κ1) is 29.2. The zero-order valence-electron chi connectivity index (χ0n) is 22.8. The number of benzene rings is 2. The van der Waals surface area contributed by atoms with Gasteiger partial charge in [-0.25, -0.2) is 4.98 Å². The Hall–Kier alpha value is -3.40. The first-order chi connectivity index (χ1) is 17.9. The van der Waals surface area contributed by atoms with Gasteiger partial charge >= 0.3 is 0 Å². The topological polar surface area (TPSA) is 94.6 Å². The van der Waals surface area contributed by atoms with Crippen molar-refractivity contribution in [3.05, 3.63) is 55.0 Å². The molecule has 0 atom stereocenters. The Bertz CT molecular complexity index is 1310. The van der Waals surface area contributed by atoms with Crippen LogP contribution in [0.25, 0.3) is 22.3 Å². The number of nitrogens with two attached hydrogens (primary N) is 1. The number of aromatic nitrogens is 4. The molecule has 4 rings (SSSR count). The van der Waals surface area contributed by atoms with Gasteiger partial charge in [-0.3, -0.25) is 14.6 Å². The number of aryl methyl sites for hydroxylation is 1. The summed E-state index contributed by atoms with van der Waals surface area (Å²) in [7, 11) is 5.23. The number of hydrogen-bond donors (Lipinski definition) is 1. The minimum absolute atomic E-state index is 0. The third kappa shape index (κ3) is 6.92. The quantitative estimate of drug-likeness (QED) is 0.277. The zero-order valence-corrected chi connectivity index (χ0v) is 23.6. The molecule has 204 valence electrons. The van der Waals surface area contributed by atoms with Gasteiger partial charge in [-0.15, -0.1) is 12.4 Å². The third-order valence-corrected chi connectivity index (χ3v) is 6.48. The molecule has 2 aromatic carbocycles. The van der Waals surface area contributed by atoms with Gasteiger partial charge in [0, 0.05) is 67.5 Å². The normalized spacial score (nSPS) is 11.2. The Kier molecular flexibility index (Phi) is 10.3. The van der Waals surface area contributed by atoms with Crippen LogP contribution in [0.4, 0.5) is 11.4 Å². The fourth-order valence-electron chi connectivity index (χ4n) is 4.37. The van der Waals surface area contributed by atoms with Gasteiger partial charge in [0.25, 0.3) is 0 Å². The lowest BCUT2D eigenvalue weighted by atomic mass is 10.1. The summed E-state index contributed by atoms with van der Waals surface area (Å²) in [6, 6.07) is 12.6. The smallest absolute Gasteiger partial charge is 0.124 e. The molecule has 0 spiro atoms. The first-order valence-corrected chi connectivity index (χ1v) is 12.6. The maximum absolute atomic E-state index is 5.80. The molecule has 38 heavy (non-hydrogen) atoms. The molecule has 0 aliphatic rings. The Morgan fingerprint density at radius 1 is 0.921 bits per heavy atom. The van der Waals surface area contributed by atoms with Crippen molar-refractivity contribution in [3.63, 3.8) is 0 Å². The third-order valence-electron chi connectivity index (χ3n) is 6.48. The van der Waals surface area contributed by atoms with E-state index in [2.05, 4.69) is 45.9 Å². The molecule has 0 unspecified atom stereocenters. The van der Waals surface area contributed by atoms with Crippen LogP contribution in [0.15, 0.2) is 55.0 Å². The number of ether oxygens (including phenoxy) is 2. The molecule has 0 amide bonds. The SMILES string of the molecule is COc1cc(OC)cc(N(CCN(CCCN)C(C)C)c2ccc3ncc(-c4cnn(C)c4)nc3c2)c1.Cl. The fraction of sp³-hybridized carbons (Fsp3) is 0.393.